The average molecular weight is 530 g/mol. The van der Waals surface area contributed by atoms with Crippen molar-refractivity contribution in [3.63, 3.8) is 0 Å². The molecule has 5 saturated carbocycles. The highest BCUT2D eigenvalue weighted by molar-refractivity contribution is 5.88. The molecule has 0 spiro atoms. The van der Waals surface area contributed by atoms with Gasteiger partial charge in [0.25, 0.3) is 0 Å². The summed E-state index contributed by atoms with van der Waals surface area (Å²) in [5.74, 6) is 3.95. The normalized spacial score (nSPS) is 46.9. The Morgan fingerprint density at radius 1 is 0.872 bits per heavy atom. The zero-order valence-electron chi connectivity index (χ0n) is 24.9. The van der Waals surface area contributed by atoms with Crippen LogP contribution in [-0.2, 0) is 0 Å². The molecule has 3 nitrogen and oxygen atoms in total. The minimum atomic E-state index is -0.841. The maximum atomic E-state index is 11.4. The van der Waals surface area contributed by atoms with Crippen LogP contribution in [0.3, 0.4) is 0 Å². The second kappa shape index (κ2) is 8.94. The molecule has 0 heterocycles. The van der Waals surface area contributed by atoms with Gasteiger partial charge in [-0.2, -0.15) is 0 Å². The topological polar surface area (TPSA) is 49.3 Å². The molecule has 3 heteroatoms. The molecule has 212 valence electrons. The molecule has 5 fully saturated rings. The van der Waals surface area contributed by atoms with E-state index in [1.165, 1.54) is 94.7 Å². The van der Waals surface area contributed by atoms with Crippen LogP contribution in [0, 0.1) is 51.8 Å². The Bertz CT molecular complexity index is 1170. The van der Waals surface area contributed by atoms with Crippen LogP contribution in [0.25, 0.3) is 5.57 Å². The lowest BCUT2D eigenvalue weighted by Crippen LogP contribution is -2.67. The van der Waals surface area contributed by atoms with Crippen molar-refractivity contribution < 1.29 is 9.90 Å². The summed E-state index contributed by atoms with van der Waals surface area (Å²) in [5.41, 5.74) is 4.76. The van der Waals surface area contributed by atoms with E-state index in [2.05, 4.69) is 39.1 Å². The molecule has 0 saturated heterocycles. The van der Waals surface area contributed by atoms with E-state index in [1.54, 1.807) is 12.1 Å². The van der Waals surface area contributed by atoms with Gasteiger partial charge in [0.15, 0.2) is 0 Å². The van der Waals surface area contributed by atoms with E-state index >= 15 is 0 Å². The zero-order valence-corrected chi connectivity index (χ0v) is 24.9. The van der Waals surface area contributed by atoms with E-state index in [0.29, 0.717) is 39.2 Å². The van der Waals surface area contributed by atoms with Gasteiger partial charge < -0.3 is 10.4 Å². The summed E-state index contributed by atoms with van der Waals surface area (Å²) in [6.45, 7) is 11.9. The first-order valence-electron chi connectivity index (χ1n) is 16.4. The van der Waals surface area contributed by atoms with Gasteiger partial charge in [-0.25, -0.2) is 4.79 Å². The first-order valence-corrected chi connectivity index (χ1v) is 16.4. The summed E-state index contributed by atoms with van der Waals surface area (Å²) in [4.78, 5) is 11.4. The standard InChI is InChI=1S/C36H51NO2/c1-23-27(25-9-11-26(12-10-25)32(38)39)15-18-33(2)28(23)16-19-35(4)31(33)14-13-29-30-6-5-17-36(30,21-20-34(29,35)3)37-22-24-7-8-24/h9-12,15,23-24,28-31,37H,5-8,13-14,16-22H2,1-4H3,(H,38,39)/t23?,28?,29?,30?,31?,33?,34-,35?,36?/m1/s1. The van der Waals surface area contributed by atoms with Gasteiger partial charge in [-0.15, -0.1) is 0 Å². The van der Waals surface area contributed by atoms with Gasteiger partial charge >= 0.3 is 5.97 Å². The Hall–Kier alpha value is -1.61. The lowest BCUT2D eigenvalue weighted by Gasteiger charge is -2.71. The molecule has 0 bridgehead atoms. The van der Waals surface area contributed by atoms with Gasteiger partial charge in [0.1, 0.15) is 0 Å². The lowest BCUT2D eigenvalue weighted by molar-refractivity contribution is -0.211. The zero-order chi connectivity index (χ0) is 27.2. The van der Waals surface area contributed by atoms with Crippen LogP contribution < -0.4 is 5.32 Å². The maximum Gasteiger partial charge on any atom is 0.335 e. The number of hydrogen-bond donors (Lipinski definition) is 2. The number of aromatic carboxylic acids is 1. The number of benzene rings is 1. The molecule has 8 unspecified atom stereocenters. The molecule has 0 aliphatic heterocycles. The van der Waals surface area contributed by atoms with Crippen LogP contribution in [0.4, 0.5) is 0 Å². The smallest absolute Gasteiger partial charge is 0.335 e. The van der Waals surface area contributed by atoms with E-state index in [-0.39, 0.29) is 0 Å². The molecule has 0 aromatic heterocycles. The fourth-order valence-corrected chi connectivity index (χ4v) is 12.0. The molecule has 0 amide bonds. The van der Waals surface area contributed by atoms with Crippen LogP contribution in [0.5, 0.6) is 0 Å². The third kappa shape index (κ3) is 3.73. The first-order chi connectivity index (χ1) is 18.6. The van der Waals surface area contributed by atoms with E-state index in [9.17, 15) is 9.90 Å². The van der Waals surface area contributed by atoms with Gasteiger partial charge in [-0.1, -0.05) is 52.3 Å². The van der Waals surface area contributed by atoms with Gasteiger partial charge in [0.05, 0.1) is 5.56 Å². The monoisotopic (exact) mass is 529 g/mol. The molecule has 1 aromatic rings. The second-order valence-corrected chi connectivity index (χ2v) is 15.7. The minimum absolute atomic E-state index is 0.360. The Morgan fingerprint density at radius 2 is 1.64 bits per heavy atom. The number of carbonyl (C=O) groups is 1. The van der Waals surface area contributed by atoms with Gasteiger partial charge in [-0.3, -0.25) is 0 Å². The Labute approximate surface area is 236 Å². The molecular weight excluding hydrogens is 478 g/mol. The molecule has 1 aromatic carbocycles. The average Bonchev–Trinajstić information content (AvgIpc) is 3.65. The summed E-state index contributed by atoms with van der Waals surface area (Å²) < 4.78 is 0. The summed E-state index contributed by atoms with van der Waals surface area (Å²) in [6.07, 6.45) is 19.4. The highest BCUT2D eigenvalue weighted by Crippen LogP contribution is 2.75. The van der Waals surface area contributed by atoms with Crippen LogP contribution in [0.1, 0.15) is 121 Å². The van der Waals surface area contributed by atoms with Crippen molar-refractivity contribution in [3.05, 3.63) is 41.5 Å². The molecule has 9 atom stereocenters. The van der Waals surface area contributed by atoms with Crippen molar-refractivity contribution in [3.8, 4) is 0 Å². The van der Waals surface area contributed by atoms with Crippen molar-refractivity contribution in [2.24, 2.45) is 51.8 Å². The Kier molecular flexibility index (Phi) is 6.03. The summed E-state index contributed by atoms with van der Waals surface area (Å²) in [5, 5.41) is 13.6. The van der Waals surface area contributed by atoms with Gasteiger partial charge in [0, 0.05) is 5.54 Å². The maximum absolute atomic E-state index is 11.4. The number of carboxylic acids is 1. The molecule has 39 heavy (non-hydrogen) atoms. The van der Waals surface area contributed by atoms with Gasteiger partial charge in [-0.05, 0) is 152 Å². The van der Waals surface area contributed by atoms with E-state index < -0.39 is 5.97 Å². The Morgan fingerprint density at radius 3 is 2.36 bits per heavy atom. The predicted molar refractivity (Wildman–Crippen MR) is 158 cm³/mol. The third-order valence-corrected chi connectivity index (χ3v) is 14.5. The number of rotatable bonds is 5. The SMILES string of the molecule is CC1C(c2ccc(C(=O)O)cc2)=CCC2(C)C1CCC1(C)C2CCC2C3CCCC3(NCC3CC3)CC[C@]21C. The minimum Gasteiger partial charge on any atom is -0.478 e. The number of allylic oxidation sites excluding steroid dienone is 2. The quantitative estimate of drug-likeness (QED) is 0.401. The summed E-state index contributed by atoms with van der Waals surface area (Å²) in [6, 6.07) is 7.65. The van der Waals surface area contributed by atoms with Crippen molar-refractivity contribution in [2.45, 2.75) is 110 Å². The van der Waals surface area contributed by atoms with Gasteiger partial charge in [0.2, 0.25) is 0 Å². The number of carboxylic acid groups (broad SMARTS) is 1. The predicted octanol–water partition coefficient (Wildman–Crippen LogP) is 8.60. The van der Waals surface area contributed by atoms with E-state index in [4.69, 9.17) is 0 Å². The fraction of sp³-hybridized carbons (Fsp3) is 0.750. The van der Waals surface area contributed by atoms with Crippen LogP contribution in [-0.4, -0.2) is 23.2 Å². The third-order valence-electron chi connectivity index (χ3n) is 14.5. The van der Waals surface area contributed by atoms with Crippen molar-refractivity contribution in [1.82, 2.24) is 5.32 Å². The molecule has 0 radical (unpaired) electrons. The first kappa shape index (κ1) is 26.3. The number of fused-ring (bicyclic) bond motifs is 7. The lowest BCUT2D eigenvalue weighted by atomic mass is 9.34. The molecule has 6 aliphatic carbocycles. The highest BCUT2D eigenvalue weighted by atomic mass is 16.4. The molecule has 6 aliphatic rings. The molecule has 7 rings (SSSR count). The van der Waals surface area contributed by atoms with Crippen LogP contribution in [0.2, 0.25) is 0 Å². The molecular formula is C36H51NO2. The molecule has 2 N–H and O–H groups in total. The highest BCUT2D eigenvalue weighted by Gasteiger charge is 2.68. The Balaban J connectivity index is 1.17. The number of nitrogens with one attached hydrogen (secondary N) is 1. The fourth-order valence-electron chi connectivity index (χ4n) is 12.0. The summed E-state index contributed by atoms with van der Waals surface area (Å²) >= 11 is 0. The van der Waals surface area contributed by atoms with Crippen molar-refractivity contribution in [2.75, 3.05) is 6.54 Å². The summed E-state index contributed by atoms with van der Waals surface area (Å²) in [7, 11) is 0. The van der Waals surface area contributed by atoms with Crippen molar-refractivity contribution in [1.29, 1.82) is 0 Å². The number of hydrogen-bond acceptors (Lipinski definition) is 2. The van der Waals surface area contributed by atoms with Crippen LogP contribution >= 0.6 is 0 Å². The second-order valence-electron chi connectivity index (χ2n) is 15.7. The van der Waals surface area contributed by atoms with Crippen molar-refractivity contribution >= 4 is 11.5 Å². The van der Waals surface area contributed by atoms with E-state index in [0.717, 1.165) is 23.7 Å². The largest absolute Gasteiger partial charge is 0.478 e. The van der Waals surface area contributed by atoms with E-state index in [1.807, 2.05) is 12.1 Å². The van der Waals surface area contributed by atoms with Crippen LogP contribution in [0.15, 0.2) is 30.3 Å².